The zero-order valence-electron chi connectivity index (χ0n) is 12.2. The molecule has 1 atom stereocenters. The summed E-state index contributed by atoms with van der Waals surface area (Å²) in [6.45, 7) is 11.3. The first-order chi connectivity index (χ1) is 8.30. The Labute approximate surface area is 111 Å². The van der Waals surface area contributed by atoms with Crippen LogP contribution in [0.5, 0.6) is 5.75 Å². The standard InChI is InChI=1S/C15H25O2P/c1-7-16-18(6,8-2)17-14-11-9-10-13(12-14)15(3,4)5/h9-12H,6-8H2,1-5H3. The molecule has 18 heavy (non-hydrogen) atoms. The highest BCUT2D eigenvalue weighted by Gasteiger charge is 2.17. The molecule has 1 aromatic rings. The Hall–Kier alpha value is -0.720. The summed E-state index contributed by atoms with van der Waals surface area (Å²) >= 11 is 0. The van der Waals surface area contributed by atoms with E-state index in [1.54, 1.807) is 0 Å². The molecule has 0 amide bonds. The van der Waals surface area contributed by atoms with Crippen LogP contribution in [0.15, 0.2) is 24.3 Å². The second-order valence-electron chi connectivity index (χ2n) is 5.42. The molecule has 0 aliphatic rings. The average molecular weight is 268 g/mol. The fraction of sp³-hybridized carbons (Fsp3) is 0.533. The molecule has 1 aromatic carbocycles. The average Bonchev–Trinajstić information content (AvgIpc) is 2.28. The van der Waals surface area contributed by atoms with Crippen molar-refractivity contribution in [3.8, 4) is 5.75 Å². The maximum absolute atomic E-state index is 6.01. The Morgan fingerprint density at radius 3 is 2.39 bits per heavy atom. The molecular formula is C15H25O2P. The van der Waals surface area contributed by atoms with E-state index in [-0.39, 0.29) is 5.41 Å². The third-order valence-electron chi connectivity index (χ3n) is 2.82. The zero-order valence-corrected chi connectivity index (χ0v) is 13.1. The number of hydrogen-bond donors (Lipinski definition) is 0. The molecule has 0 fully saturated rings. The second-order valence-corrected chi connectivity index (χ2v) is 8.12. The van der Waals surface area contributed by atoms with E-state index < -0.39 is 7.34 Å². The summed E-state index contributed by atoms with van der Waals surface area (Å²) in [5.74, 6) is 0.862. The van der Waals surface area contributed by atoms with Crippen LogP contribution in [0.3, 0.4) is 0 Å². The van der Waals surface area contributed by atoms with Gasteiger partial charge in [0.1, 0.15) is 5.75 Å². The highest BCUT2D eigenvalue weighted by Crippen LogP contribution is 2.47. The van der Waals surface area contributed by atoms with Crippen LogP contribution in [0.4, 0.5) is 0 Å². The number of rotatable bonds is 5. The molecule has 1 rings (SSSR count). The quantitative estimate of drug-likeness (QED) is 0.721. The Kier molecular flexibility index (Phi) is 5.07. The van der Waals surface area contributed by atoms with E-state index in [0.29, 0.717) is 6.61 Å². The summed E-state index contributed by atoms with van der Waals surface area (Å²) in [7, 11) is -1.99. The highest BCUT2D eigenvalue weighted by atomic mass is 31.2. The van der Waals surface area contributed by atoms with Gasteiger partial charge in [-0.25, -0.2) is 0 Å². The molecule has 2 nitrogen and oxygen atoms in total. The van der Waals surface area contributed by atoms with Gasteiger partial charge in [0.15, 0.2) is 7.34 Å². The molecule has 0 aliphatic heterocycles. The lowest BCUT2D eigenvalue weighted by Gasteiger charge is -2.25. The molecule has 0 spiro atoms. The second kappa shape index (κ2) is 5.95. The molecular weight excluding hydrogens is 243 g/mol. The van der Waals surface area contributed by atoms with Crippen LogP contribution >= 0.6 is 7.34 Å². The van der Waals surface area contributed by atoms with Crippen molar-refractivity contribution in [2.75, 3.05) is 12.8 Å². The summed E-state index contributed by atoms with van der Waals surface area (Å²) in [4.78, 5) is 0. The minimum atomic E-state index is -1.99. The Morgan fingerprint density at radius 1 is 1.22 bits per heavy atom. The third kappa shape index (κ3) is 4.19. The van der Waals surface area contributed by atoms with E-state index >= 15 is 0 Å². The normalized spacial score (nSPS) is 15.2. The predicted octanol–water partition coefficient (Wildman–Crippen LogP) is 4.70. The number of hydrogen-bond acceptors (Lipinski definition) is 2. The molecule has 102 valence electrons. The van der Waals surface area contributed by atoms with Crippen LogP contribution in [0.25, 0.3) is 0 Å². The minimum absolute atomic E-state index is 0.124. The van der Waals surface area contributed by atoms with Gasteiger partial charge in [-0.2, -0.15) is 0 Å². The van der Waals surface area contributed by atoms with Gasteiger partial charge in [0.05, 0.1) is 6.61 Å². The Balaban J connectivity index is 2.95. The van der Waals surface area contributed by atoms with Crippen LogP contribution in [0.1, 0.15) is 40.2 Å². The van der Waals surface area contributed by atoms with Crippen LogP contribution < -0.4 is 4.52 Å². The van der Waals surface area contributed by atoms with Gasteiger partial charge >= 0.3 is 0 Å². The van der Waals surface area contributed by atoms with Gasteiger partial charge in [0.25, 0.3) is 0 Å². The zero-order chi connectivity index (χ0) is 13.8. The highest BCUT2D eigenvalue weighted by molar-refractivity contribution is 7.64. The summed E-state index contributed by atoms with van der Waals surface area (Å²) in [6, 6.07) is 8.23. The molecule has 1 unspecified atom stereocenters. The van der Waals surface area contributed by atoms with E-state index in [9.17, 15) is 0 Å². The Bertz CT molecular complexity index is 432. The molecule has 0 saturated heterocycles. The van der Waals surface area contributed by atoms with Crippen LogP contribution in [-0.2, 0) is 9.94 Å². The van der Waals surface area contributed by atoms with E-state index in [1.807, 2.05) is 19.1 Å². The van der Waals surface area contributed by atoms with Crippen molar-refractivity contribution in [1.82, 2.24) is 0 Å². The van der Waals surface area contributed by atoms with Crippen LogP contribution in [-0.4, -0.2) is 19.1 Å². The third-order valence-corrected chi connectivity index (χ3v) is 5.05. The first-order valence-corrected chi connectivity index (χ1v) is 8.47. The van der Waals surface area contributed by atoms with Gasteiger partial charge in [-0.15, -0.1) is 0 Å². The fourth-order valence-electron chi connectivity index (χ4n) is 1.63. The molecule has 0 aromatic heterocycles. The van der Waals surface area contributed by atoms with E-state index in [4.69, 9.17) is 9.05 Å². The maximum atomic E-state index is 6.01. The van der Waals surface area contributed by atoms with Crippen molar-refractivity contribution >= 4 is 13.6 Å². The van der Waals surface area contributed by atoms with Crippen molar-refractivity contribution in [3.05, 3.63) is 29.8 Å². The van der Waals surface area contributed by atoms with Gasteiger partial charge in [-0.1, -0.05) is 39.8 Å². The van der Waals surface area contributed by atoms with Crippen LogP contribution in [0.2, 0.25) is 0 Å². The lowest BCUT2D eigenvalue weighted by molar-refractivity contribution is 0.330. The van der Waals surface area contributed by atoms with E-state index in [0.717, 1.165) is 11.9 Å². The fourth-order valence-corrected chi connectivity index (χ4v) is 2.96. The summed E-state index contributed by atoms with van der Waals surface area (Å²) in [6.07, 6.45) is 4.95. The predicted molar refractivity (Wildman–Crippen MR) is 82.0 cm³/mol. The minimum Gasteiger partial charge on any atom is -0.453 e. The lowest BCUT2D eigenvalue weighted by Crippen LogP contribution is -2.11. The summed E-state index contributed by atoms with van der Waals surface area (Å²) in [5.41, 5.74) is 1.39. The van der Waals surface area contributed by atoms with E-state index in [1.165, 1.54) is 5.56 Å². The van der Waals surface area contributed by atoms with Crippen molar-refractivity contribution in [3.63, 3.8) is 0 Å². The van der Waals surface area contributed by atoms with Gasteiger partial charge in [-0.05, 0) is 36.3 Å². The van der Waals surface area contributed by atoms with E-state index in [2.05, 4.69) is 46.1 Å². The molecule has 0 aliphatic carbocycles. The monoisotopic (exact) mass is 268 g/mol. The summed E-state index contributed by atoms with van der Waals surface area (Å²) < 4.78 is 11.7. The van der Waals surface area contributed by atoms with Crippen molar-refractivity contribution in [2.24, 2.45) is 0 Å². The van der Waals surface area contributed by atoms with Gasteiger partial charge in [-0.3, -0.25) is 0 Å². The summed E-state index contributed by atoms with van der Waals surface area (Å²) in [5, 5.41) is 0. The smallest absolute Gasteiger partial charge is 0.167 e. The molecule has 0 saturated carbocycles. The lowest BCUT2D eigenvalue weighted by atomic mass is 9.87. The van der Waals surface area contributed by atoms with Crippen molar-refractivity contribution in [2.45, 2.75) is 40.0 Å². The first-order valence-electron chi connectivity index (χ1n) is 6.48. The maximum Gasteiger partial charge on any atom is 0.167 e. The molecule has 3 heteroatoms. The van der Waals surface area contributed by atoms with Crippen molar-refractivity contribution in [1.29, 1.82) is 0 Å². The Morgan fingerprint density at radius 2 is 1.89 bits per heavy atom. The van der Waals surface area contributed by atoms with Gasteiger partial charge in [0, 0.05) is 6.16 Å². The largest absolute Gasteiger partial charge is 0.453 e. The SMILES string of the molecule is C=P(CC)(OCC)Oc1cccc(C(C)(C)C)c1. The molecule has 0 N–H and O–H groups in total. The van der Waals surface area contributed by atoms with Crippen LogP contribution in [0, 0.1) is 0 Å². The van der Waals surface area contributed by atoms with Gasteiger partial charge < -0.3 is 9.05 Å². The topological polar surface area (TPSA) is 18.5 Å². The molecule has 0 heterocycles. The first kappa shape index (κ1) is 15.3. The van der Waals surface area contributed by atoms with Crippen molar-refractivity contribution < 1.29 is 9.05 Å². The number of benzene rings is 1. The molecule has 0 bridgehead atoms. The van der Waals surface area contributed by atoms with Gasteiger partial charge in [0.2, 0.25) is 0 Å². The molecule has 0 radical (unpaired) electrons.